The highest BCUT2D eigenvalue weighted by atomic mass is 32.2. The van der Waals surface area contributed by atoms with Gasteiger partial charge in [-0.1, -0.05) is 90.6 Å². The second-order valence-electron chi connectivity index (χ2n) is 7.66. The zero-order valence-corrected chi connectivity index (χ0v) is 18.8. The average Bonchev–Trinajstić information content (AvgIpc) is 3.29. The Morgan fingerprint density at radius 3 is 2.03 bits per heavy atom. The number of aliphatic hydroxyl groups excluding tert-OH is 1. The first kappa shape index (κ1) is 21.9. The summed E-state index contributed by atoms with van der Waals surface area (Å²) in [5, 5.41) is 14.6. The zero-order chi connectivity index (χ0) is 22.5. The molecule has 0 saturated carbocycles. The van der Waals surface area contributed by atoms with Crippen molar-refractivity contribution in [1.29, 1.82) is 0 Å². The first-order valence-electron chi connectivity index (χ1n) is 10.5. The third kappa shape index (κ3) is 4.96. The molecule has 0 aliphatic rings. The average molecular weight is 444 g/mol. The van der Waals surface area contributed by atoms with Crippen LogP contribution in [0.1, 0.15) is 45.0 Å². The van der Waals surface area contributed by atoms with Crippen molar-refractivity contribution in [2.24, 2.45) is 0 Å². The molecule has 0 radical (unpaired) electrons. The Morgan fingerprint density at radius 1 is 0.812 bits per heavy atom. The van der Waals surface area contributed by atoms with Crippen molar-refractivity contribution in [3.8, 4) is 0 Å². The highest BCUT2D eigenvalue weighted by Gasteiger charge is 2.26. The van der Waals surface area contributed by atoms with Crippen molar-refractivity contribution in [3.63, 3.8) is 0 Å². The summed E-state index contributed by atoms with van der Waals surface area (Å²) in [4.78, 5) is 14.2. The fourth-order valence-electron chi connectivity index (χ4n) is 3.62. The molecule has 2 N–H and O–H groups in total. The summed E-state index contributed by atoms with van der Waals surface area (Å²) in [6.45, 7) is 4.11. The summed E-state index contributed by atoms with van der Waals surface area (Å²) in [7, 11) is 0. The van der Waals surface area contributed by atoms with Crippen molar-refractivity contribution >= 4 is 17.7 Å². The van der Waals surface area contributed by atoms with E-state index in [4.69, 9.17) is 4.42 Å². The third-order valence-corrected chi connectivity index (χ3v) is 6.59. The fraction of sp³-hybridized carbons (Fsp3) is 0.148. The van der Waals surface area contributed by atoms with Crippen molar-refractivity contribution in [2.45, 2.75) is 36.0 Å². The lowest BCUT2D eigenvalue weighted by molar-refractivity contribution is 0.0801. The molecule has 1 amide bonds. The van der Waals surface area contributed by atoms with Crippen LogP contribution in [-0.2, 0) is 0 Å². The number of hydrogen-bond donors (Lipinski definition) is 2. The van der Waals surface area contributed by atoms with Gasteiger partial charge in [0.2, 0.25) is 0 Å². The molecule has 0 spiro atoms. The number of carbonyl (C=O) groups is 1. The second kappa shape index (κ2) is 9.90. The van der Waals surface area contributed by atoms with E-state index in [2.05, 4.69) is 31.3 Å². The SMILES string of the molecule is Cc1cccc(C)c1Sc1ccc(C(=O)NC(c2ccccc2)[C@@H](O)c2ccccc2)o1. The molecular formula is C27H25NO3S. The minimum absolute atomic E-state index is 0.208. The minimum atomic E-state index is -0.902. The number of nitrogens with one attached hydrogen (secondary N) is 1. The van der Waals surface area contributed by atoms with Crippen LogP contribution >= 0.6 is 11.8 Å². The number of carbonyl (C=O) groups excluding carboxylic acids is 1. The van der Waals surface area contributed by atoms with Crippen LogP contribution in [0, 0.1) is 13.8 Å². The van der Waals surface area contributed by atoms with Crippen LogP contribution in [0.2, 0.25) is 0 Å². The van der Waals surface area contributed by atoms with Crippen molar-refractivity contribution < 1.29 is 14.3 Å². The van der Waals surface area contributed by atoms with E-state index < -0.39 is 12.1 Å². The van der Waals surface area contributed by atoms with Crippen LogP contribution < -0.4 is 5.32 Å². The summed E-state index contributed by atoms with van der Waals surface area (Å²) in [5.74, 6) is -0.165. The smallest absolute Gasteiger partial charge is 0.287 e. The van der Waals surface area contributed by atoms with Crippen molar-refractivity contribution in [2.75, 3.05) is 0 Å². The lowest BCUT2D eigenvalue weighted by atomic mass is 9.95. The highest BCUT2D eigenvalue weighted by Crippen LogP contribution is 2.34. The van der Waals surface area contributed by atoms with Crippen LogP contribution in [0.15, 0.2) is 105 Å². The minimum Gasteiger partial charge on any atom is -0.444 e. The van der Waals surface area contributed by atoms with Gasteiger partial charge in [0.05, 0.1) is 6.04 Å². The number of amides is 1. The molecule has 0 fully saturated rings. The van der Waals surface area contributed by atoms with Crippen LogP contribution in [0.25, 0.3) is 0 Å². The van der Waals surface area contributed by atoms with E-state index in [1.807, 2.05) is 66.7 Å². The first-order chi connectivity index (χ1) is 15.5. The van der Waals surface area contributed by atoms with Gasteiger partial charge < -0.3 is 14.8 Å². The molecule has 5 heteroatoms. The molecular weight excluding hydrogens is 418 g/mol. The van der Waals surface area contributed by atoms with Crippen LogP contribution in [0.3, 0.4) is 0 Å². The Balaban J connectivity index is 1.55. The van der Waals surface area contributed by atoms with E-state index in [1.165, 1.54) is 11.8 Å². The molecule has 1 unspecified atom stereocenters. The number of hydrogen-bond acceptors (Lipinski definition) is 4. The topological polar surface area (TPSA) is 62.5 Å². The molecule has 4 rings (SSSR count). The molecule has 0 aliphatic carbocycles. The van der Waals surface area contributed by atoms with Gasteiger partial charge in [-0.25, -0.2) is 0 Å². The Labute approximate surface area is 192 Å². The largest absolute Gasteiger partial charge is 0.444 e. The molecule has 0 bridgehead atoms. The Kier molecular flexibility index (Phi) is 6.78. The first-order valence-corrected chi connectivity index (χ1v) is 11.3. The number of aryl methyl sites for hydroxylation is 2. The van der Waals surface area contributed by atoms with Gasteiger partial charge in [0.25, 0.3) is 5.91 Å². The maximum absolute atomic E-state index is 13.0. The van der Waals surface area contributed by atoms with Crippen molar-refractivity contribution in [1.82, 2.24) is 5.32 Å². The van der Waals surface area contributed by atoms with E-state index in [1.54, 1.807) is 12.1 Å². The zero-order valence-electron chi connectivity index (χ0n) is 18.0. The predicted octanol–water partition coefficient (Wildman–Crippen LogP) is 6.25. The molecule has 2 atom stereocenters. The van der Waals surface area contributed by atoms with Gasteiger partial charge in [-0.2, -0.15) is 0 Å². The fourth-order valence-corrected chi connectivity index (χ4v) is 4.54. The number of rotatable bonds is 7. The summed E-state index contributed by atoms with van der Waals surface area (Å²) < 4.78 is 5.85. The number of aliphatic hydroxyl groups is 1. The quantitative estimate of drug-likeness (QED) is 0.354. The molecule has 0 saturated heterocycles. The van der Waals surface area contributed by atoms with E-state index in [-0.39, 0.29) is 11.7 Å². The highest BCUT2D eigenvalue weighted by molar-refractivity contribution is 7.99. The normalized spacial score (nSPS) is 12.8. The lowest BCUT2D eigenvalue weighted by Gasteiger charge is -2.24. The van der Waals surface area contributed by atoms with Crippen molar-refractivity contribution in [3.05, 3.63) is 119 Å². The summed E-state index contributed by atoms with van der Waals surface area (Å²) in [6, 6.07) is 27.8. The molecule has 0 aliphatic heterocycles. The van der Waals surface area contributed by atoms with Crippen LogP contribution in [-0.4, -0.2) is 11.0 Å². The summed E-state index contributed by atoms with van der Waals surface area (Å²) in [5.41, 5.74) is 3.86. The molecule has 162 valence electrons. The van der Waals surface area contributed by atoms with Crippen LogP contribution in [0.4, 0.5) is 0 Å². The molecule has 3 aromatic carbocycles. The van der Waals surface area contributed by atoms with Gasteiger partial charge >= 0.3 is 0 Å². The van der Waals surface area contributed by atoms with Gasteiger partial charge in [-0.3, -0.25) is 4.79 Å². The molecule has 32 heavy (non-hydrogen) atoms. The van der Waals surface area contributed by atoms with Gasteiger partial charge in [-0.05, 0) is 48.2 Å². The Morgan fingerprint density at radius 2 is 1.41 bits per heavy atom. The van der Waals surface area contributed by atoms with E-state index in [9.17, 15) is 9.90 Å². The molecule has 4 aromatic rings. The molecule has 1 aromatic heterocycles. The second-order valence-corrected chi connectivity index (χ2v) is 8.67. The maximum Gasteiger partial charge on any atom is 0.287 e. The van der Waals surface area contributed by atoms with Gasteiger partial charge in [0.1, 0.15) is 6.10 Å². The predicted molar refractivity (Wildman–Crippen MR) is 127 cm³/mol. The van der Waals surface area contributed by atoms with Gasteiger partial charge in [-0.15, -0.1) is 0 Å². The van der Waals surface area contributed by atoms with E-state index >= 15 is 0 Å². The standard InChI is InChI=1S/C27H25NO3S/c1-18-10-9-11-19(2)26(18)32-23-17-16-22(31-23)27(30)28-24(20-12-5-3-6-13-20)25(29)21-14-7-4-8-15-21/h3-17,24-25,29H,1-2H3,(H,28,30)/t24?,25-/m0/s1. The Hall–Kier alpha value is -3.28. The van der Waals surface area contributed by atoms with E-state index in [0.717, 1.165) is 27.1 Å². The number of benzene rings is 3. The van der Waals surface area contributed by atoms with E-state index in [0.29, 0.717) is 5.09 Å². The van der Waals surface area contributed by atoms with Crippen LogP contribution in [0.5, 0.6) is 0 Å². The number of furan rings is 1. The molecule has 1 heterocycles. The molecule has 4 nitrogen and oxygen atoms in total. The third-order valence-electron chi connectivity index (χ3n) is 5.32. The maximum atomic E-state index is 13.0. The Bertz CT molecular complexity index is 1170. The van der Waals surface area contributed by atoms with Gasteiger partial charge in [0, 0.05) is 4.90 Å². The monoisotopic (exact) mass is 443 g/mol. The summed E-state index contributed by atoms with van der Waals surface area (Å²) in [6.07, 6.45) is -0.902. The van der Waals surface area contributed by atoms with Gasteiger partial charge in [0.15, 0.2) is 10.9 Å². The summed E-state index contributed by atoms with van der Waals surface area (Å²) >= 11 is 1.50. The lowest BCUT2D eigenvalue weighted by Crippen LogP contribution is -2.32.